The molecule has 1 aromatic rings. The van der Waals surface area contributed by atoms with Gasteiger partial charge in [0.05, 0.1) is 23.6 Å². The lowest BCUT2D eigenvalue weighted by Gasteiger charge is -2.43. The standard InChI is InChI=1S/C23H28N2O3S/c1-8-15(4)25-21(26)20(29-22(25)27)11-16-10-17-14(3)13-23(5,6)24(9-2)18(17)12-19(16)28-7/h8,10-13,15H,1,9H2,2-7H3/b20-11+. The highest BCUT2D eigenvalue weighted by atomic mass is 32.2. The maximum absolute atomic E-state index is 12.8. The lowest BCUT2D eigenvalue weighted by molar-refractivity contribution is -0.123. The molecule has 29 heavy (non-hydrogen) atoms. The highest BCUT2D eigenvalue weighted by Crippen LogP contribution is 2.43. The van der Waals surface area contributed by atoms with Gasteiger partial charge < -0.3 is 9.64 Å². The van der Waals surface area contributed by atoms with Crippen LogP contribution in [0.5, 0.6) is 5.75 Å². The van der Waals surface area contributed by atoms with Crippen molar-refractivity contribution in [1.82, 2.24) is 4.90 Å². The second-order valence-corrected chi connectivity index (χ2v) is 8.86. The van der Waals surface area contributed by atoms with Gasteiger partial charge in [0, 0.05) is 29.4 Å². The molecule has 1 unspecified atom stereocenters. The van der Waals surface area contributed by atoms with Crippen LogP contribution in [0.4, 0.5) is 10.5 Å². The second kappa shape index (κ2) is 7.75. The van der Waals surface area contributed by atoms with E-state index in [0.29, 0.717) is 10.7 Å². The number of amides is 2. The van der Waals surface area contributed by atoms with Crippen molar-refractivity contribution in [1.29, 1.82) is 0 Å². The number of imide groups is 1. The number of carbonyl (C=O) groups excluding carboxylic acids is 2. The first-order valence-corrected chi connectivity index (χ1v) is 10.5. The van der Waals surface area contributed by atoms with E-state index in [0.717, 1.165) is 35.1 Å². The van der Waals surface area contributed by atoms with Crippen LogP contribution < -0.4 is 9.64 Å². The van der Waals surface area contributed by atoms with Crippen molar-refractivity contribution < 1.29 is 14.3 Å². The number of rotatable bonds is 5. The van der Waals surface area contributed by atoms with E-state index in [4.69, 9.17) is 4.74 Å². The molecule has 0 bridgehead atoms. The van der Waals surface area contributed by atoms with Crippen LogP contribution >= 0.6 is 11.8 Å². The van der Waals surface area contributed by atoms with Crippen LogP contribution in [0.2, 0.25) is 0 Å². The molecule has 6 heteroatoms. The molecule has 0 aliphatic carbocycles. The molecule has 154 valence electrons. The van der Waals surface area contributed by atoms with E-state index in [1.54, 1.807) is 26.2 Å². The zero-order chi connectivity index (χ0) is 21.5. The number of hydrogen-bond acceptors (Lipinski definition) is 5. The summed E-state index contributed by atoms with van der Waals surface area (Å²) in [7, 11) is 1.62. The Morgan fingerprint density at radius 1 is 1.31 bits per heavy atom. The summed E-state index contributed by atoms with van der Waals surface area (Å²) in [6, 6.07) is 3.73. The maximum atomic E-state index is 12.8. The van der Waals surface area contributed by atoms with Crippen molar-refractivity contribution in [2.24, 2.45) is 0 Å². The van der Waals surface area contributed by atoms with Crippen molar-refractivity contribution in [2.45, 2.75) is 46.2 Å². The Morgan fingerprint density at radius 3 is 2.59 bits per heavy atom. The summed E-state index contributed by atoms with van der Waals surface area (Å²) in [5.41, 5.74) is 4.09. The summed E-state index contributed by atoms with van der Waals surface area (Å²) in [6.45, 7) is 15.0. The molecule has 1 fully saturated rings. The second-order valence-electron chi connectivity index (χ2n) is 7.86. The lowest BCUT2D eigenvalue weighted by atomic mass is 9.87. The van der Waals surface area contributed by atoms with Crippen LogP contribution in [0.15, 0.2) is 35.8 Å². The minimum Gasteiger partial charge on any atom is -0.496 e. The van der Waals surface area contributed by atoms with Crippen molar-refractivity contribution in [3.63, 3.8) is 0 Å². The molecule has 2 heterocycles. The smallest absolute Gasteiger partial charge is 0.294 e. The van der Waals surface area contributed by atoms with E-state index in [1.165, 1.54) is 10.5 Å². The van der Waals surface area contributed by atoms with E-state index in [1.807, 2.05) is 12.1 Å². The summed E-state index contributed by atoms with van der Waals surface area (Å²) in [6.07, 6.45) is 5.60. The van der Waals surface area contributed by atoms with Gasteiger partial charge in [0.25, 0.3) is 11.1 Å². The number of nitrogens with zero attached hydrogens (tertiary/aromatic N) is 2. The molecule has 0 saturated carbocycles. The first-order chi connectivity index (χ1) is 13.6. The highest BCUT2D eigenvalue weighted by molar-refractivity contribution is 8.18. The van der Waals surface area contributed by atoms with Gasteiger partial charge in [-0.3, -0.25) is 14.5 Å². The molecule has 0 aromatic heterocycles. The number of methoxy groups -OCH3 is 1. The van der Waals surface area contributed by atoms with E-state index in [9.17, 15) is 9.59 Å². The first-order valence-electron chi connectivity index (χ1n) is 9.73. The molecule has 0 spiro atoms. The molecular formula is C23H28N2O3S. The van der Waals surface area contributed by atoms with Gasteiger partial charge in [-0.05, 0) is 64.1 Å². The fourth-order valence-electron chi connectivity index (χ4n) is 4.07. The van der Waals surface area contributed by atoms with Crippen LogP contribution in [0.3, 0.4) is 0 Å². The Balaban J connectivity index is 2.10. The number of anilines is 1. The van der Waals surface area contributed by atoms with E-state index in [-0.39, 0.29) is 22.7 Å². The minimum atomic E-state index is -0.343. The predicted molar refractivity (Wildman–Crippen MR) is 121 cm³/mol. The molecule has 3 rings (SSSR count). The number of benzene rings is 1. The summed E-state index contributed by atoms with van der Waals surface area (Å²) in [4.78, 5) is 29.0. The molecular weight excluding hydrogens is 384 g/mol. The van der Waals surface area contributed by atoms with Crippen molar-refractivity contribution in [3.05, 3.63) is 46.9 Å². The third-order valence-corrected chi connectivity index (χ3v) is 6.39. The van der Waals surface area contributed by atoms with Crippen LogP contribution in [0, 0.1) is 0 Å². The molecule has 2 aliphatic heterocycles. The zero-order valence-corrected chi connectivity index (χ0v) is 18.7. The van der Waals surface area contributed by atoms with Crippen LogP contribution in [0.25, 0.3) is 11.6 Å². The molecule has 2 amide bonds. The Bertz CT molecular complexity index is 946. The van der Waals surface area contributed by atoms with Gasteiger partial charge in [-0.1, -0.05) is 12.2 Å². The summed E-state index contributed by atoms with van der Waals surface area (Å²) in [5, 5.41) is -0.277. The van der Waals surface area contributed by atoms with E-state index in [2.05, 4.69) is 45.2 Å². The number of thioether (sulfide) groups is 1. The lowest BCUT2D eigenvalue weighted by Crippen LogP contribution is -2.44. The summed E-state index contributed by atoms with van der Waals surface area (Å²) < 4.78 is 5.65. The highest BCUT2D eigenvalue weighted by Gasteiger charge is 2.38. The van der Waals surface area contributed by atoms with E-state index < -0.39 is 0 Å². The largest absolute Gasteiger partial charge is 0.496 e. The van der Waals surface area contributed by atoms with Gasteiger partial charge in [0.1, 0.15) is 5.75 Å². The minimum absolute atomic E-state index is 0.0954. The number of carbonyl (C=O) groups is 2. The molecule has 1 saturated heterocycles. The number of hydrogen-bond donors (Lipinski definition) is 0. The molecule has 0 N–H and O–H groups in total. The van der Waals surface area contributed by atoms with Crippen LogP contribution in [-0.2, 0) is 4.79 Å². The van der Waals surface area contributed by atoms with Gasteiger partial charge in [0.2, 0.25) is 0 Å². The molecule has 0 radical (unpaired) electrons. The first kappa shape index (κ1) is 21.2. The van der Waals surface area contributed by atoms with Crippen molar-refractivity contribution in [2.75, 3.05) is 18.6 Å². The fourth-order valence-corrected chi connectivity index (χ4v) is 4.97. The van der Waals surface area contributed by atoms with Gasteiger partial charge in [-0.2, -0.15) is 0 Å². The zero-order valence-electron chi connectivity index (χ0n) is 17.9. The normalized spacial score (nSPS) is 20.6. The van der Waals surface area contributed by atoms with Gasteiger partial charge in [-0.25, -0.2) is 0 Å². The van der Waals surface area contributed by atoms with Gasteiger partial charge in [-0.15, -0.1) is 6.58 Å². The predicted octanol–water partition coefficient (Wildman–Crippen LogP) is 5.33. The Hall–Kier alpha value is -2.47. The maximum Gasteiger partial charge on any atom is 0.294 e. The van der Waals surface area contributed by atoms with Crippen molar-refractivity contribution in [3.8, 4) is 5.75 Å². The average molecular weight is 413 g/mol. The van der Waals surface area contributed by atoms with Gasteiger partial charge >= 0.3 is 0 Å². The molecule has 5 nitrogen and oxygen atoms in total. The molecule has 1 aromatic carbocycles. The SMILES string of the molecule is C=CC(C)N1C(=O)S/C(=C/c2cc3c(cc2OC)N(CC)C(C)(C)C=C3C)C1=O. The Kier molecular flexibility index (Phi) is 5.68. The van der Waals surface area contributed by atoms with Crippen molar-refractivity contribution >= 4 is 40.2 Å². The number of allylic oxidation sites excluding steroid dienone is 1. The fraction of sp³-hybridized carbons (Fsp3) is 0.391. The Labute approximate surface area is 177 Å². The summed E-state index contributed by atoms with van der Waals surface area (Å²) in [5.74, 6) is 0.382. The number of ether oxygens (including phenoxy) is 1. The summed E-state index contributed by atoms with van der Waals surface area (Å²) >= 11 is 0.953. The van der Waals surface area contributed by atoms with Crippen LogP contribution in [0.1, 0.15) is 45.7 Å². The third kappa shape index (κ3) is 3.62. The van der Waals surface area contributed by atoms with E-state index >= 15 is 0 Å². The van der Waals surface area contributed by atoms with Gasteiger partial charge in [0.15, 0.2) is 0 Å². The number of fused-ring (bicyclic) bond motifs is 1. The Morgan fingerprint density at radius 2 is 2.00 bits per heavy atom. The topological polar surface area (TPSA) is 49.9 Å². The molecule has 1 atom stereocenters. The monoisotopic (exact) mass is 412 g/mol. The average Bonchev–Trinajstić information content (AvgIpc) is 2.94. The number of likely N-dealkylation sites (N-methyl/N-ethyl adjacent to an activating group) is 1. The third-order valence-electron chi connectivity index (χ3n) is 5.50. The van der Waals surface area contributed by atoms with Crippen LogP contribution in [-0.4, -0.2) is 41.3 Å². The quantitative estimate of drug-likeness (QED) is 0.483. The molecule has 2 aliphatic rings.